The molecule has 110 valence electrons. The highest BCUT2D eigenvalue weighted by Gasteiger charge is 2.22. The first-order valence-electron chi connectivity index (χ1n) is 5.52. The summed E-state index contributed by atoms with van der Waals surface area (Å²) in [5, 5.41) is 6.20. The molecule has 0 heterocycles. The molecular weight excluding hydrogens is 367 g/mol. The van der Waals surface area contributed by atoms with Gasteiger partial charge in [0.25, 0.3) is 0 Å². The lowest BCUT2D eigenvalue weighted by atomic mass is 10.1. The lowest BCUT2D eigenvalue weighted by Gasteiger charge is -2.26. The quantitative estimate of drug-likeness (QED) is 0.362. The zero-order valence-corrected chi connectivity index (χ0v) is 15.0. The van der Waals surface area contributed by atoms with Crippen molar-refractivity contribution >= 4 is 40.0 Å². The van der Waals surface area contributed by atoms with Crippen molar-refractivity contribution < 1.29 is 8.42 Å². The number of sulfonamides is 1. The predicted molar refractivity (Wildman–Crippen MR) is 87.1 cm³/mol. The Morgan fingerprint density at radius 1 is 1.33 bits per heavy atom. The summed E-state index contributed by atoms with van der Waals surface area (Å²) in [5.41, 5.74) is -0.567. The molecule has 0 rings (SSSR count). The van der Waals surface area contributed by atoms with Crippen LogP contribution in [0.5, 0.6) is 0 Å². The lowest BCUT2D eigenvalue weighted by Crippen LogP contribution is -2.53. The number of nitrogens with one attached hydrogen (secondary N) is 3. The molecule has 0 fully saturated rings. The SMILES string of the molecule is CN=C(NCC(C)(C)NS(C)(=O)=O)NC(C)C.I. The molecule has 0 amide bonds. The number of hydrogen-bond donors (Lipinski definition) is 3. The monoisotopic (exact) mass is 392 g/mol. The Morgan fingerprint density at radius 2 is 1.83 bits per heavy atom. The van der Waals surface area contributed by atoms with E-state index in [1.807, 2.05) is 27.7 Å². The normalized spacial score (nSPS) is 13.2. The van der Waals surface area contributed by atoms with Crippen molar-refractivity contribution in [2.45, 2.75) is 39.3 Å². The third-order valence-electron chi connectivity index (χ3n) is 1.81. The Morgan fingerprint density at radius 3 is 2.17 bits per heavy atom. The summed E-state index contributed by atoms with van der Waals surface area (Å²) < 4.78 is 24.9. The van der Waals surface area contributed by atoms with Crippen molar-refractivity contribution in [1.29, 1.82) is 0 Å². The van der Waals surface area contributed by atoms with Gasteiger partial charge in [0.05, 0.1) is 6.26 Å². The van der Waals surface area contributed by atoms with Crippen LogP contribution < -0.4 is 15.4 Å². The van der Waals surface area contributed by atoms with Gasteiger partial charge < -0.3 is 10.6 Å². The van der Waals surface area contributed by atoms with Gasteiger partial charge in [0.2, 0.25) is 10.0 Å². The molecule has 0 aromatic heterocycles. The Hall–Kier alpha value is -0.0900. The summed E-state index contributed by atoms with van der Waals surface area (Å²) in [6, 6.07) is 0.271. The fourth-order valence-electron chi connectivity index (χ4n) is 1.31. The molecule has 0 saturated carbocycles. The molecule has 0 radical (unpaired) electrons. The molecule has 6 nitrogen and oxygen atoms in total. The summed E-state index contributed by atoms with van der Waals surface area (Å²) in [4.78, 5) is 4.04. The summed E-state index contributed by atoms with van der Waals surface area (Å²) in [6.07, 6.45) is 1.15. The lowest BCUT2D eigenvalue weighted by molar-refractivity contribution is 0.445. The summed E-state index contributed by atoms with van der Waals surface area (Å²) >= 11 is 0. The van der Waals surface area contributed by atoms with Gasteiger partial charge in [-0.2, -0.15) is 0 Å². The minimum atomic E-state index is -3.21. The zero-order valence-electron chi connectivity index (χ0n) is 11.9. The molecule has 0 aliphatic carbocycles. The standard InChI is InChI=1S/C10H24N4O2S.HI/c1-8(2)13-9(11-5)12-7-10(3,4)14-17(6,15)16;/h8,14H,7H2,1-6H3,(H2,11,12,13);1H. The highest BCUT2D eigenvalue weighted by molar-refractivity contribution is 14.0. The van der Waals surface area contributed by atoms with Crippen LogP contribution in [0.25, 0.3) is 0 Å². The second kappa shape index (κ2) is 8.16. The largest absolute Gasteiger partial charge is 0.355 e. The molecule has 0 aliphatic heterocycles. The van der Waals surface area contributed by atoms with Crippen LogP contribution in [0.3, 0.4) is 0 Å². The average molecular weight is 392 g/mol. The van der Waals surface area contributed by atoms with Crippen LogP contribution in [0.15, 0.2) is 4.99 Å². The van der Waals surface area contributed by atoms with Crippen LogP contribution in [0.1, 0.15) is 27.7 Å². The van der Waals surface area contributed by atoms with Crippen molar-refractivity contribution in [2.24, 2.45) is 4.99 Å². The van der Waals surface area contributed by atoms with E-state index < -0.39 is 15.6 Å². The Labute approximate surface area is 127 Å². The van der Waals surface area contributed by atoms with Crippen molar-refractivity contribution in [3.8, 4) is 0 Å². The molecule has 0 saturated heterocycles. The van der Waals surface area contributed by atoms with Gasteiger partial charge in [0.15, 0.2) is 5.96 Å². The van der Waals surface area contributed by atoms with E-state index in [4.69, 9.17) is 0 Å². The van der Waals surface area contributed by atoms with Crippen LogP contribution in [-0.4, -0.2) is 45.8 Å². The smallest absolute Gasteiger partial charge is 0.209 e. The van der Waals surface area contributed by atoms with E-state index in [0.717, 1.165) is 6.26 Å². The van der Waals surface area contributed by atoms with Gasteiger partial charge >= 0.3 is 0 Å². The predicted octanol–water partition coefficient (Wildman–Crippen LogP) is 0.506. The molecule has 3 N–H and O–H groups in total. The van der Waals surface area contributed by atoms with E-state index in [1.54, 1.807) is 7.05 Å². The van der Waals surface area contributed by atoms with E-state index in [9.17, 15) is 8.42 Å². The van der Waals surface area contributed by atoms with Gasteiger partial charge in [-0.3, -0.25) is 4.99 Å². The number of rotatable bonds is 5. The number of aliphatic imine (C=N–C) groups is 1. The summed E-state index contributed by atoms with van der Waals surface area (Å²) in [5.74, 6) is 0.656. The molecule has 0 spiro atoms. The van der Waals surface area contributed by atoms with Crippen LogP contribution in [-0.2, 0) is 10.0 Å². The highest BCUT2D eigenvalue weighted by atomic mass is 127. The minimum absolute atomic E-state index is 0. The maximum atomic E-state index is 11.2. The molecule has 0 aliphatic rings. The van der Waals surface area contributed by atoms with Gasteiger partial charge in [-0.15, -0.1) is 24.0 Å². The second-order valence-corrected chi connectivity index (χ2v) is 6.73. The van der Waals surface area contributed by atoms with Gasteiger partial charge in [-0.25, -0.2) is 13.1 Å². The van der Waals surface area contributed by atoms with Crippen LogP contribution in [0, 0.1) is 0 Å². The Kier molecular flexibility index (Phi) is 9.17. The van der Waals surface area contributed by atoms with Crippen LogP contribution in [0.2, 0.25) is 0 Å². The first kappa shape index (κ1) is 20.2. The first-order valence-corrected chi connectivity index (χ1v) is 7.41. The van der Waals surface area contributed by atoms with E-state index in [0.29, 0.717) is 12.5 Å². The molecule has 0 aromatic carbocycles. The van der Waals surface area contributed by atoms with Crippen molar-refractivity contribution in [3.05, 3.63) is 0 Å². The van der Waals surface area contributed by atoms with Crippen molar-refractivity contribution in [1.82, 2.24) is 15.4 Å². The molecule has 0 bridgehead atoms. The first-order chi connectivity index (χ1) is 7.56. The topological polar surface area (TPSA) is 82.6 Å². The summed E-state index contributed by atoms with van der Waals surface area (Å²) in [6.45, 7) is 8.08. The maximum absolute atomic E-state index is 11.2. The van der Waals surface area contributed by atoms with Gasteiger partial charge in [-0.05, 0) is 27.7 Å². The molecular formula is C10H25IN4O2S. The second-order valence-electron chi connectivity index (χ2n) is 4.98. The number of hydrogen-bond acceptors (Lipinski definition) is 3. The molecule has 8 heteroatoms. The number of guanidine groups is 1. The zero-order chi connectivity index (χ0) is 13.7. The van der Waals surface area contributed by atoms with Gasteiger partial charge in [-0.1, -0.05) is 0 Å². The van der Waals surface area contributed by atoms with Crippen LogP contribution in [0.4, 0.5) is 0 Å². The number of halogens is 1. The third kappa shape index (κ3) is 11.0. The fourth-order valence-corrected chi connectivity index (χ4v) is 2.39. The van der Waals surface area contributed by atoms with E-state index in [1.165, 1.54) is 0 Å². The molecule has 18 heavy (non-hydrogen) atoms. The highest BCUT2D eigenvalue weighted by Crippen LogP contribution is 2.01. The maximum Gasteiger partial charge on any atom is 0.209 e. The Balaban J connectivity index is 0. The van der Waals surface area contributed by atoms with Gasteiger partial charge in [0.1, 0.15) is 0 Å². The Bertz CT molecular complexity index is 366. The number of nitrogens with zero attached hydrogens (tertiary/aromatic N) is 1. The minimum Gasteiger partial charge on any atom is -0.355 e. The molecule has 0 unspecified atom stereocenters. The van der Waals surface area contributed by atoms with Crippen molar-refractivity contribution in [2.75, 3.05) is 19.8 Å². The van der Waals surface area contributed by atoms with E-state index in [2.05, 4.69) is 20.3 Å². The van der Waals surface area contributed by atoms with Crippen molar-refractivity contribution in [3.63, 3.8) is 0 Å². The van der Waals surface area contributed by atoms with E-state index >= 15 is 0 Å². The molecule has 0 aromatic rings. The van der Waals surface area contributed by atoms with Crippen LogP contribution >= 0.6 is 24.0 Å². The van der Waals surface area contributed by atoms with E-state index in [-0.39, 0.29) is 30.0 Å². The third-order valence-corrected chi connectivity index (χ3v) is 2.73. The fraction of sp³-hybridized carbons (Fsp3) is 0.900. The average Bonchev–Trinajstić information content (AvgIpc) is 2.07. The van der Waals surface area contributed by atoms with Gasteiger partial charge in [0, 0.05) is 25.2 Å². The molecule has 0 atom stereocenters. The summed E-state index contributed by atoms with van der Waals surface area (Å²) in [7, 11) is -1.53.